The third kappa shape index (κ3) is 6.10. The molecular weight excluding hydrogens is 524 g/mol. The molecule has 0 radical (unpaired) electrons. The van der Waals surface area contributed by atoms with Crippen molar-refractivity contribution in [1.29, 1.82) is 0 Å². The summed E-state index contributed by atoms with van der Waals surface area (Å²) in [5.74, 6) is -0.780. The average Bonchev–Trinajstić information content (AvgIpc) is 3.38. The summed E-state index contributed by atoms with van der Waals surface area (Å²) in [7, 11) is -0.742. The molecule has 0 bridgehead atoms. The molecule has 0 fully saturated rings. The molecule has 0 spiro atoms. The normalized spacial score (nSPS) is 18.6. The number of carbonyl (C=O) groups excluding carboxylic acids is 2. The summed E-state index contributed by atoms with van der Waals surface area (Å²) in [4.78, 5) is 35.7. The van der Waals surface area contributed by atoms with Gasteiger partial charge >= 0.3 is 0 Å². The zero-order valence-corrected chi connectivity index (χ0v) is 23.0. The molecule has 13 heteroatoms. The molecule has 2 amide bonds. The molecule has 3 aromatic rings. The number of rotatable bonds is 8. The van der Waals surface area contributed by atoms with Crippen LogP contribution in [0.4, 0.5) is 5.69 Å². The largest absolute Gasteiger partial charge is 0.488 e. The summed E-state index contributed by atoms with van der Waals surface area (Å²) in [5, 5.41) is 12.6. The maximum atomic E-state index is 13.6. The number of aliphatic hydroxyl groups is 1. The van der Waals surface area contributed by atoms with Crippen LogP contribution in [0.15, 0.2) is 60.3 Å². The standard InChI is InChI=1S/C26H32N6O6S/c1-17-12-32(18(2)15-33)26(35)21-11-20(29-25(34)19-7-9-27-10-8-19)5-6-22(21)38-23(17)13-31(4)39(36,37)24-14-30(3)16-28-24/h5-11,14,16-18,23,33H,12-13,15H2,1-4H3,(H,29,34)/t17-,18-,23+/m1/s1. The first kappa shape index (κ1) is 28.2. The number of likely N-dealkylation sites (N-methyl/N-ethyl adjacent to an activating group) is 1. The second-order valence-electron chi connectivity index (χ2n) is 9.69. The summed E-state index contributed by atoms with van der Waals surface area (Å²) >= 11 is 0. The van der Waals surface area contributed by atoms with Gasteiger partial charge in [-0.15, -0.1) is 0 Å². The van der Waals surface area contributed by atoms with Crippen LogP contribution in [-0.2, 0) is 17.1 Å². The van der Waals surface area contributed by atoms with E-state index in [4.69, 9.17) is 4.74 Å². The van der Waals surface area contributed by atoms with Gasteiger partial charge in [-0.25, -0.2) is 13.4 Å². The number of aliphatic hydroxyl groups excluding tert-OH is 1. The molecule has 2 N–H and O–H groups in total. The smallest absolute Gasteiger partial charge is 0.261 e. The molecule has 12 nitrogen and oxygen atoms in total. The first-order valence-corrected chi connectivity index (χ1v) is 13.8. The van der Waals surface area contributed by atoms with E-state index < -0.39 is 22.2 Å². The van der Waals surface area contributed by atoms with E-state index in [-0.39, 0.29) is 53.8 Å². The highest BCUT2D eigenvalue weighted by Crippen LogP contribution is 2.31. The van der Waals surface area contributed by atoms with Gasteiger partial charge in [0.1, 0.15) is 11.9 Å². The van der Waals surface area contributed by atoms with Crippen LogP contribution < -0.4 is 10.1 Å². The van der Waals surface area contributed by atoms with Crippen molar-refractivity contribution in [2.45, 2.75) is 31.0 Å². The Morgan fingerprint density at radius 3 is 2.64 bits per heavy atom. The van der Waals surface area contributed by atoms with Crippen LogP contribution in [0.2, 0.25) is 0 Å². The molecule has 0 saturated carbocycles. The Kier molecular flexibility index (Phi) is 8.33. The summed E-state index contributed by atoms with van der Waals surface area (Å²) in [5.41, 5.74) is 0.972. The van der Waals surface area contributed by atoms with Crippen molar-refractivity contribution < 1.29 is 27.9 Å². The van der Waals surface area contributed by atoms with Gasteiger partial charge in [0.25, 0.3) is 21.8 Å². The van der Waals surface area contributed by atoms with Crippen molar-refractivity contribution in [3.63, 3.8) is 0 Å². The maximum Gasteiger partial charge on any atom is 0.261 e. The maximum absolute atomic E-state index is 13.6. The molecule has 0 unspecified atom stereocenters. The Morgan fingerprint density at radius 2 is 2.00 bits per heavy atom. The van der Waals surface area contributed by atoms with E-state index in [2.05, 4.69) is 15.3 Å². The highest BCUT2D eigenvalue weighted by atomic mass is 32.2. The minimum atomic E-state index is -3.88. The van der Waals surface area contributed by atoms with Crippen molar-refractivity contribution >= 4 is 27.5 Å². The van der Waals surface area contributed by atoms with Crippen LogP contribution >= 0.6 is 0 Å². The molecule has 0 aliphatic carbocycles. The lowest BCUT2D eigenvalue weighted by atomic mass is 9.99. The number of nitrogens with zero attached hydrogens (tertiary/aromatic N) is 5. The molecule has 4 rings (SSSR count). The fourth-order valence-electron chi connectivity index (χ4n) is 4.26. The zero-order chi connectivity index (χ0) is 28.3. The number of benzene rings is 1. The first-order valence-electron chi connectivity index (χ1n) is 12.4. The van der Waals surface area contributed by atoms with Gasteiger partial charge in [0, 0.05) is 56.4 Å². The Labute approximate surface area is 227 Å². The highest BCUT2D eigenvalue weighted by Gasteiger charge is 2.35. The number of hydrogen-bond donors (Lipinski definition) is 2. The van der Waals surface area contributed by atoms with Crippen LogP contribution in [0.1, 0.15) is 34.6 Å². The number of sulfonamides is 1. The van der Waals surface area contributed by atoms with Gasteiger partial charge in [0.15, 0.2) is 5.03 Å². The van der Waals surface area contributed by atoms with Gasteiger partial charge in [-0.05, 0) is 37.3 Å². The summed E-state index contributed by atoms with van der Waals surface area (Å²) < 4.78 is 35.2. The molecule has 0 saturated heterocycles. The Hall–Kier alpha value is -3.81. The number of fused-ring (bicyclic) bond motifs is 1. The third-order valence-corrected chi connectivity index (χ3v) is 8.37. The van der Waals surface area contributed by atoms with Crippen LogP contribution in [-0.4, -0.2) is 88.0 Å². The van der Waals surface area contributed by atoms with Gasteiger partial charge in [-0.2, -0.15) is 4.31 Å². The number of anilines is 1. The fourth-order valence-corrected chi connectivity index (χ4v) is 5.40. The number of ether oxygens (including phenoxy) is 1. The fraction of sp³-hybridized carbons (Fsp3) is 0.385. The molecule has 39 heavy (non-hydrogen) atoms. The van der Waals surface area contributed by atoms with E-state index in [0.717, 1.165) is 0 Å². The number of pyridine rings is 1. The minimum absolute atomic E-state index is 0.00438. The van der Waals surface area contributed by atoms with Crippen molar-refractivity contribution in [3.05, 3.63) is 66.4 Å². The van der Waals surface area contributed by atoms with Crippen LogP contribution in [0.5, 0.6) is 5.75 Å². The second-order valence-corrected chi connectivity index (χ2v) is 11.7. The molecule has 1 aliphatic rings. The summed E-state index contributed by atoms with van der Waals surface area (Å²) in [6, 6.07) is 7.36. The lowest BCUT2D eigenvalue weighted by molar-refractivity contribution is 0.0387. The summed E-state index contributed by atoms with van der Waals surface area (Å²) in [6.45, 7) is 3.55. The average molecular weight is 557 g/mol. The first-order chi connectivity index (χ1) is 18.5. The van der Waals surface area contributed by atoms with Crippen LogP contribution in [0, 0.1) is 5.92 Å². The van der Waals surface area contributed by atoms with E-state index in [1.807, 2.05) is 6.92 Å². The molecule has 3 atom stereocenters. The third-order valence-electron chi connectivity index (χ3n) is 6.66. The van der Waals surface area contributed by atoms with Crippen molar-refractivity contribution in [1.82, 2.24) is 23.7 Å². The number of nitrogens with one attached hydrogen (secondary N) is 1. The Bertz CT molecular complexity index is 1440. The van der Waals surface area contributed by atoms with Gasteiger partial charge in [0.05, 0.1) is 31.1 Å². The summed E-state index contributed by atoms with van der Waals surface area (Å²) in [6.07, 6.45) is 5.22. The van der Waals surface area contributed by atoms with E-state index in [1.54, 1.807) is 47.7 Å². The van der Waals surface area contributed by atoms with Gasteiger partial charge in [0.2, 0.25) is 0 Å². The number of carbonyl (C=O) groups is 2. The Morgan fingerprint density at radius 1 is 1.28 bits per heavy atom. The molecule has 1 aliphatic heterocycles. The molecule has 1 aromatic carbocycles. The van der Waals surface area contributed by atoms with Crippen molar-refractivity contribution in [2.24, 2.45) is 13.0 Å². The molecule has 208 valence electrons. The SMILES string of the molecule is C[C@@H]1CN([C@H](C)CO)C(=O)c2cc(NC(=O)c3ccncc3)ccc2O[C@H]1CN(C)S(=O)(=O)c1cn(C)cn1. The zero-order valence-electron chi connectivity index (χ0n) is 22.2. The molecule has 3 heterocycles. The van der Waals surface area contributed by atoms with E-state index in [0.29, 0.717) is 11.3 Å². The topological polar surface area (TPSA) is 147 Å². The number of aryl methyl sites for hydroxylation is 1. The van der Waals surface area contributed by atoms with Gasteiger partial charge < -0.3 is 24.6 Å². The van der Waals surface area contributed by atoms with E-state index in [1.165, 1.54) is 42.3 Å². The predicted octanol–water partition coefficient (Wildman–Crippen LogP) is 1.61. The number of imidazole rings is 1. The monoisotopic (exact) mass is 556 g/mol. The van der Waals surface area contributed by atoms with Crippen molar-refractivity contribution in [3.8, 4) is 5.75 Å². The van der Waals surface area contributed by atoms with E-state index in [9.17, 15) is 23.1 Å². The molecule has 2 aromatic heterocycles. The quantitative estimate of drug-likeness (QED) is 0.425. The van der Waals surface area contributed by atoms with Gasteiger partial charge in [-0.1, -0.05) is 6.92 Å². The lowest BCUT2D eigenvalue weighted by Crippen LogP contribution is -2.50. The highest BCUT2D eigenvalue weighted by molar-refractivity contribution is 7.89. The molecular formula is C26H32N6O6S. The van der Waals surface area contributed by atoms with Crippen molar-refractivity contribution in [2.75, 3.05) is 32.1 Å². The van der Waals surface area contributed by atoms with E-state index >= 15 is 0 Å². The number of amides is 2. The number of aromatic nitrogens is 3. The lowest BCUT2D eigenvalue weighted by Gasteiger charge is -2.38. The minimum Gasteiger partial charge on any atom is -0.488 e. The second kappa shape index (κ2) is 11.5. The Balaban J connectivity index is 1.65. The van der Waals surface area contributed by atoms with Gasteiger partial charge in [-0.3, -0.25) is 14.6 Å². The van der Waals surface area contributed by atoms with Crippen LogP contribution in [0.25, 0.3) is 0 Å². The number of hydrogen-bond acceptors (Lipinski definition) is 8. The predicted molar refractivity (Wildman–Crippen MR) is 143 cm³/mol. The van der Waals surface area contributed by atoms with Crippen LogP contribution in [0.3, 0.4) is 0 Å².